The van der Waals surface area contributed by atoms with Crippen molar-refractivity contribution in [3.8, 4) is 0 Å². The lowest BCUT2D eigenvalue weighted by Crippen LogP contribution is -2.06. The molecule has 1 atom stereocenters. The highest BCUT2D eigenvalue weighted by molar-refractivity contribution is 6.27. The van der Waals surface area contributed by atoms with Gasteiger partial charge in [-0.1, -0.05) is 30.3 Å². The molecule has 1 unspecified atom stereocenters. The molecular weight excluding hydrogens is 184 g/mol. The van der Waals surface area contributed by atoms with Crippen molar-refractivity contribution in [1.29, 1.82) is 0 Å². The molecule has 4 heteroatoms. The third kappa shape index (κ3) is 2.90. The Labute approximate surface area is 78.5 Å². The zero-order chi connectivity index (χ0) is 8.81. The van der Waals surface area contributed by atoms with Crippen LogP contribution in [0.15, 0.2) is 30.3 Å². The lowest BCUT2D eigenvalue weighted by atomic mass is 10.1. The second-order valence-corrected chi connectivity index (χ2v) is 5.50. The number of hydrogen-bond donors (Lipinski definition) is 0. The van der Waals surface area contributed by atoms with Crippen LogP contribution in [0.2, 0.25) is 0 Å². The summed E-state index contributed by atoms with van der Waals surface area (Å²) in [6.45, 7) is 2.06. The Morgan fingerprint density at radius 1 is 1.33 bits per heavy atom. The minimum absolute atomic E-state index is 0.187. The van der Waals surface area contributed by atoms with Crippen LogP contribution in [-0.2, 0) is 8.54 Å². The second kappa shape index (κ2) is 5.26. The molecule has 12 heavy (non-hydrogen) atoms. The van der Waals surface area contributed by atoms with Crippen LogP contribution in [0, 0.1) is 0 Å². The Morgan fingerprint density at radius 2 is 2.00 bits per heavy atom. The van der Waals surface area contributed by atoms with Crippen LogP contribution >= 0.6 is 0 Å². The van der Waals surface area contributed by atoms with Gasteiger partial charge in [-0.15, -0.1) is 0 Å². The van der Waals surface area contributed by atoms with Crippen molar-refractivity contribution in [3.05, 3.63) is 35.9 Å². The first-order valence-corrected chi connectivity index (χ1v) is 5.97. The molecule has 0 aromatic heterocycles. The third-order valence-electron chi connectivity index (χ3n) is 1.70. The fraction of sp³-hybridized carbons (Fsp3) is 0.250. The van der Waals surface area contributed by atoms with Gasteiger partial charge >= 0.3 is 0 Å². The summed E-state index contributed by atoms with van der Waals surface area (Å²) in [5, 5.41) is 0. The Balaban J connectivity index is 2.48. The maximum Gasteiger partial charge on any atom is 0.294 e. The average Bonchev–Trinajstić information content (AvgIpc) is 2.15. The van der Waals surface area contributed by atoms with Crippen LogP contribution in [0.4, 0.5) is 0 Å². The first-order valence-electron chi connectivity index (χ1n) is 4.00. The highest BCUT2D eigenvalue weighted by Gasteiger charge is 2.02. The van der Waals surface area contributed by atoms with E-state index < -0.39 is 10.0 Å². The van der Waals surface area contributed by atoms with Gasteiger partial charge in [0, 0.05) is 0 Å². The zero-order valence-corrected chi connectivity index (χ0v) is 10.9. The van der Waals surface area contributed by atoms with Crippen molar-refractivity contribution in [1.82, 2.24) is 0 Å². The molecule has 2 nitrogen and oxygen atoms in total. The molecule has 0 spiro atoms. The summed E-state index contributed by atoms with van der Waals surface area (Å²) < 4.78 is 10.6. The van der Waals surface area contributed by atoms with Gasteiger partial charge < -0.3 is 8.54 Å². The fourth-order valence-electron chi connectivity index (χ4n) is 0.990. The summed E-state index contributed by atoms with van der Waals surface area (Å²) in [6.07, 6.45) is 0.187. The van der Waals surface area contributed by atoms with E-state index in [1.54, 1.807) is 0 Å². The largest absolute Gasteiger partial charge is 0.449 e. The molecule has 0 aliphatic carbocycles. The minimum atomic E-state index is -0.708. The fourth-order valence-corrected chi connectivity index (χ4v) is 1.93. The maximum absolute atomic E-state index is 5.53. The quantitative estimate of drug-likeness (QED) is 0.637. The van der Waals surface area contributed by atoms with Gasteiger partial charge in [-0.05, 0) is 12.5 Å². The number of hydrogen-bond acceptors (Lipinski definition) is 2. The molecule has 0 fully saturated rings. The molecule has 0 saturated carbocycles. The molecule has 0 aliphatic rings. The van der Waals surface area contributed by atoms with E-state index in [9.17, 15) is 0 Å². The Morgan fingerprint density at radius 3 is 2.58 bits per heavy atom. The molecule has 0 heterocycles. The Hall–Kier alpha value is -0.426. The van der Waals surface area contributed by atoms with Gasteiger partial charge in [0.25, 0.3) is 10.0 Å². The molecule has 0 N–H and O–H groups in total. The Bertz CT molecular complexity index is 216. The third-order valence-corrected chi connectivity index (χ3v) is 3.28. The number of benzene rings is 1. The molecule has 1 rings (SSSR count). The summed E-state index contributed by atoms with van der Waals surface area (Å²) in [5.41, 5.74) is 1.23. The summed E-state index contributed by atoms with van der Waals surface area (Å²) in [5.74, 6) is 0. The van der Waals surface area contributed by atoms with Gasteiger partial charge in [0.2, 0.25) is 0 Å². The predicted octanol–water partition coefficient (Wildman–Crippen LogP) is 0.0600. The van der Waals surface area contributed by atoms with Crippen molar-refractivity contribution in [2.45, 2.75) is 13.0 Å². The van der Waals surface area contributed by atoms with Crippen LogP contribution in [0.1, 0.15) is 18.6 Å². The lowest BCUT2D eigenvalue weighted by molar-refractivity contribution is 0.211. The van der Waals surface area contributed by atoms with E-state index >= 15 is 0 Å². The van der Waals surface area contributed by atoms with Gasteiger partial charge in [-0.25, -0.2) is 0 Å². The van der Waals surface area contributed by atoms with Crippen molar-refractivity contribution in [2.24, 2.45) is 0 Å². The summed E-state index contributed by atoms with van der Waals surface area (Å²) in [4.78, 5) is 0. The van der Waals surface area contributed by atoms with Crippen molar-refractivity contribution >= 4 is 20.5 Å². The summed E-state index contributed by atoms with van der Waals surface area (Å²) in [7, 11) is 0.0857. The van der Waals surface area contributed by atoms with E-state index in [1.165, 1.54) is 5.56 Å². The zero-order valence-electron chi connectivity index (χ0n) is 7.49. The standard InChI is InChI=1S/C8H14O2Si2/c1-7(9-12-10-11)8-5-3-2-4-6-8/h2-7H,12H2,1,11H3. The van der Waals surface area contributed by atoms with Gasteiger partial charge in [0.05, 0.1) is 6.10 Å². The molecule has 66 valence electrons. The van der Waals surface area contributed by atoms with Crippen LogP contribution in [-0.4, -0.2) is 20.5 Å². The van der Waals surface area contributed by atoms with Crippen molar-refractivity contribution in [3.63, 3.8) is 0 Å². The smallest absolute Gasteiger partial charge is 0.294 e. The monoisotopic (exact) mass is 198 g/mol. The lowest BCUT2D eigenvalue weighted by Gasteiger charge is -2.12. The van der Waals surface area contributed by atoms with Gasteiger partial charge in [0.15, 0.2) is 0 Å². The van der Waals surface area contributed by atoms with Crippen LogP contribution in [0.5, 0.6) is 0 Å². The first-order chi connectivity index (χ1) is 5.84. The molecule has 1 aromatic rings. The normalized spacial score (nSPS) is 14.1. The van der Waals surface area contributed by atoms with Crippen LogP contribution < -0.4 is 0 Å². The molecule has 0 radical (unpaired) electrons. The summed E-state index contributed by atoms with van der Waals surface area (Å²) in [6, 6.07) is 10.2. The van der Waals surface area contributed by atoms with Gasteiger partial charge in [-0.2, -0.15) is 0 Å². The van der Waals surface area contributed by atoms with Crippen molar-refractivity contribution in [2.75, 3.05) is 0 Å². The van der Waals surface area contributed by atoms with E-state index in [2.05, 4.69) is 19.1 Å². The minimum Gasteiger partial charge on any atom is -0.449 e. The van der Waals surface area contributed by atoms with E-state index in [0.717, 1.165) is 10.5 Å². The molecule has 0 saturated heterocycles. The second-order valence-electron chi connectivity index (χ2n) is 2.63. The average molecular weight is 198 g/mol. The Kier molecular flexibility index (Phi) is 4.23. The maximum atomic E-state index is 5.53. The van der Waals surface area contributed by atoms with E-state index in [4.69, 9.17) is 8.54 Å². The topological polar surface area (TPSA) is 18.5 Å². The SMILES string of the molecule is CC(O[SiH2]O[SiH3])c1ccccc1. The van der Waals surface area contributed by atoms with E-state index in [0.29, 0.717) is 0 Å². The highest BCUT2D eigenvalue weighted by atomic mass is 28.3. The molecule has 0 aliphatic heterocycles. The molecule has 0 bridgehead atoms. The van der Waals surface area contributed by atoms with E-state index in [1.807, 2.05) is 18.2 Å². The highest BCUT2D eigenvalue weighted by Crippen LogP contribution is 2.14. The predicted molar refractivity (Wildman–Crippen MR) is 55.5 cm³/mol. The van der Waals surface area contributed by atoms with E-state index in [-0.39, 0.29) is 6.10 Å². The molecule has 1 aromatic carbocycles. The van der Waals surface area contributed by atoms with Crippen LogP contribution in [0.25, 0.3) is 0 Å². The molecular formula is C8H14O2Si2. The summed E-state index contributed by atoms with van der Waals surface area (Å²) >= 11 is 0. The first kappa shape index (κ1) is 9.66. The molecule has 0 amide bonds. The van der Waals surface area contributed by atoms with Crippen LogP contribution in [0.3, 0.4) is 0 Å². The number of rotatable bonds is 4. The van der Waals surface area contributed by atoms with Gasteiger partial charge in [0.1, 0.15) is 10.5 Å². The van der Waals surface area contributed by atoms with Crippen molar-refractivity contribution < 1.29 is 8.54 Å². The van der Waals surface area contributed by atoms with Gasteiger partial charge in [-0.3, -0.25) is 0 Å².